The van der Waals surface area contributed by atoms with Gasteiger partial charge in [-0.15, -0.1) is 5.10 Å². The molecule has 35 heavy (non-hydrogen) atoms. The van der Waals surface area contributed by atoms with Crippen LogP contribution in [0.25, 0.3) is 6.08 Å². The van der Waals surface area contributed by atoms with Crippen molar-refractivity contribution in [3.05, 3.63) is 83.1 Å². The van der Waals surface area contributed by atoms with Crippen LogP contribution in [0.4, 0.5) is 5.82 Å². The monoisotopic (exact) mass is 487 g/mol. The predicted octanol–water partition coefficient (Wildman–Crippen LogP) is 6.09. The van der Waals surface area contributed by atoms with Gasteiger partial charge in [-0.1, -0.05) is 79.4 Å². The molecule has 1 aromatic heterocycles. The smallest absolute Gasteiger partial charge is 0.283 e. The summed E-state index contributed by atoms with van der Waals surface area (Å²) in [4.78, 5) is 0.281. The molecule has 0 spiro atoms. The first-order chi connectivity index (χ1) is 17.0. The molecule has 1 N–H and O–H groups in total. The Balaban J connectivity index is 1.51. The van der Waals surface area contributed by atoms with Crippen LogP contribution < -0.4 is 5.32 Å². The van der Waals surface area contributed by atoms with Crippen LogP contribution in [0.5, 0.6) is 0 Å². The zero-order chi connectivity index (χ0) is 24.0. The van der Waals surface area contributed by atoms with Crippen molar-refractivity contribution in [3.8, 4) is 0 Å². The van der Waals surface area contributed by atoms with Gasteiger partial charge in [-0.25, -0.2) is 0 Å². The highest BCUT2D eigenvalue weighted by atomic mass is 32.2. The molecule has 2 aromatic carbocycles. The first-order valence-corrected chi connectivity index (χ1v) is 14.4. The Kier molecular flexibility index (Phi) is 5.59. The van der Waals surface area contributed by atoms with Gasteiger partial charge in [0.1, 0.15) is 0 Å². The molecule has 1 unspecified atom stereocenters. The highest BCUT2D eigenvalue weighted by Gasteiger charge is 2.44. The second-order valence-electron chi connectivity index (χ2n) is 10.5. The number of aromatic nitrogens is 2. The standard InChI is InChI=1S/C29H33N3O2S/c1-21-12-16-25(17-13-21)35(33,34)32-27-20-29(22-8-4-2-5-9-22,23-10-6-3-7-11-23)19-18-26(27)28(31-32)30-24-14-15-24/h2,4-5,8-9,12-13,16-19,23-24H,3,6-7,10-11,14-15,20H2,1H3,(H,30,31). The van der Waals surface area contributed by atoms with E-state index < -0.39 is 10.0 Å². The van der Waals surface area contributed by atoms with Gasteiger partial charge in [0, 0.05) is 23.4 Å². The van der Waals surface area contributed by atoms with Gasteiger partial charge in [0.2, 0.25) is 0 Å². The van der Waals surface area contributed by atoms with Gasteiger partial charge in [-0.05, 0) is 56.2 Å². The van der Waals surface area contributed by atoms with Gasteiger partial charge in [0.25, 0.3) is 10.0 Å². The van der Waals surface area contributed by atoms with Crippen molar-refractivity contribution < 1.29 is 8.42 Å². The lowest BCUT2D eigenvalue weighted by molar-refractivity contribution is 0.241. The summed E-state index contributed by atoms with van der Waals surface area (Å²) >= 11 is 0. The summed E-state index contributed by atoms with van der Waals surface area (Å²) in [6.07, 6.45) is 13.4. The number of allylic oxidation sites excluding steroid dienone is 1. The van der Waals surface area contributed by atoms with E-state index in [0.29, 0.717) is 24.2 Å². The molecule has 0 aliphatic heterocycles. The van der Waals surface area contributed by atoms with Crippen LogP contribution in [0.1, 0.15) is 67.3 Å². The molecular weight excluding hydrogens is 454 g/mol. The number of nitrogens with zero attached hydrogens (tertiary/aromatic N) is 2. The molecule has 3 aliphatic carbocycles. The van der Waals surface area contributed by atoms with Crippen molar-refractivity contribution in [1.82, 2.24) is 9.19 Å². The summed E-state index contributed by atoms with van der Waals surface area (Å²) < 4.78 is 29.1. The minimum atomic E-state index is -3.82. The van der Waals surface area contributed by atoms with E-state index >= 15 is 0 Å². The predicted molar refractivity (Wildman–Crippen MR) is 140 cm³/mol. The summed E-state index contributed by atoms with van der Waals surface area (Å²) in [5, 5.41) is 8.21. The summed E-state index contributed by atoms with van der Waals surface area (Å²) in [5.74, 6) is 1.17. The van der Waals surface area contributed by atoms with Crippen LogP contribution in [0, 0.1) is 12.8 Å². The number of nitrogens with one attached hydrogen (secondary N) is 1. The van der Waals surface area contributed by atoms with Gasteiger partial charge < -0.3 is 5.32 Å². The average molecular weight is 488 g/mol. The molecule has 182 valence electrons. The largest absolute Gasteiger partial charge is 0.365 e. The Morgan fingerprint density at radius 1 is 0.943 bits per heavy atom. The van der Waals surface area contributed by atoms with Crippen LogP contribution in [0.2, 0.25) is 0 Å². The molecule has 0 saturated heterocycles. The third kappa shape index (κ3) is 4.02. The third-order valence-electron chi connectivity index (χ3n) is 8.10. The van der Waals surface area contributed by atoms with Crippen molar-refractivity contribution in [1.29, 1.82) is 0 Å². The average Bonchev–Trinajstić information content (AvgIpc) is 3.64. The number of anilines is 1. The molecule has 2 fully saturated rings. The normalized spacial score (nSPS) is 22.7. The lowest BCUT2D eigenvalue weighted by atomic mass is 9.61. The fraction of sp³-hybridized carbons (Fsp3) is 0.414. The molecule has 2 saturated carbocycles. The molecule has 3 aromatic rings. The molecular formula is C29H33N3O2S. The van der Waals surface area contributed by atoms with Gasteiger partial charge in [-0.3, -0.25) is 0 Å². The Hall–Kier alpha value is -2.86. The zero-order valence-electron chi connectivity index (χ0n) is 20.3. The first kappa shape index (κ1) is 22.6. The quantitative estimate of drug-likeness (QED) is 0.457. The van der Waals surface area contributed by atoms with E-state index in [-0.39, 0.29) is 10.3 Å². The number of aryl methyl sites for hydroxylation is 1. The number of fused-ring (bicyclic) bond motifs is 1. The van der Waals surface area contributed by atoms with Crippen LogP contribution in [-0.2, 0) is 21.9 Å². The zero-order valence-corrected chi connectivity index (χ0v) is 21.1. The highest BCUT2D eigenvalue weighted by molar-refractivity contribution is 7.89. The van der Waals surface area contributed by atoms with Crippen molar-refractivity contribution >= 4 is 21.9 Å². The van der Waals surface area contributed by atoms with E-state index in [1.807, 2.05) is 19.1 Å². The molecule has 6 heteroatoms. The Bertz CT molecular complexity index is 1350. The van der Waals surface area contributed by atoms with Gasteiger partial charge in [-0.2, -0.15) is 12.5 Å². The van der Waals surface area contributed by atoms with Crippen molar-refractivity contribution in [2.24, 2.45) is 5.92 Å². The summed E-state index contributed by atoms with van der Waals surface area (Å²) in [5.41, 5.74) is 3.80. The molecule has 0 amide bonds. The van der Waals surface area contributed by atoms with E-state index in [2.05, 4.69) is 47.8 Å². The highest BCUT2D eigenvalue weighted by Crippen LogP contribution is 2.48. The Labute approximate surface area is 208 Å². The lowest BCUT2D eigenvalue weighted by Crippen LogP contribution is -2.39. The van der Waals surface area contributed by atoms with Crippen molar-refractivity contribution in [2.75, 3.05) is 5.32 Å². The SMILES string of the molecule is Cc1ccc(S(=O)(=O)n2nc(NC3CC3)c3c2CC(c2ccccc2)(C2CCCCC2)C=C3)cc1. The van der Waals surface area contributed by atoms with E-state index in [9.17, 15) is 8.42 Å². The van der Waals surface area contributed by atoms with Gasteiger partial charge in [0.15, 0.2) is 5.82 Å². The molecule has 0 bridgehead atoms. The van der Waals surface area contributed by atoms with Crippen LogP contribution in [-0.4, -0.2) is 23.6 Å². The van der Waals surface area contributed by atoms with Crippen molar-refractivity contribution in [3.63, 3.8) is 0 Å². The minimum Gasteiger partial charge on any atom is -0.365 e. The molecule has 6 rings (SSSR count). The Morgan fingerprint density at radius 3 is 2.34 bits per heavy atom. The van der Waals surface area contributed by atoms with Crippen LogP contribution in [0.15, 0.2) is 65.6 Å². The van der Waals surface area contributed by atoms with E-state index in [0.717, 1.165) is 29.7 Å². The van der Waals surface area contributed by atoms with Crippen LogP contribution in [0.3, 0.4) is 0 Å². The van der Waals surface area contributed by atoms with Gasteiger partial charge >= 0.3 is 0 Å². The number of rotatable bonds is 6. The molecule has 1 atom stereocenters. The molecule has 0 radical (unpaired) electrons. The third-order valence-corrected chi connectivity index (χ3v) is 9.73. The number of benzene rings is 2. The minimum absolute atomic E-state index is 0.230. The second-order valence-corrected chi connectivity index (χ2v) is 12.3. The van der Waals surface area contributed by atoms with Gasteiger partial charge in [0.05, 0.1) is 10.6 Å². The maximum absolute atomic E-state index is 13.9. The first-order valence-electron chi connectivity index (χ1n) is 12.9. The van der Waals surface area contributed by atoms with E-state index in [1.54, 1.807) is 12.1 Å². The topological polar surface area (TPSA) is 64.0 Å². The van der Waals surface area contributed by atoms with E-state index in [4.69, 9.17) is 5.10 Å². The fourth-order valence-electron chi connectivity index (χ4n) is 5.97. The number of hydrogen-bond acceptors (Lipinski definition) is 4. The molecule has 1 heterocycles. The maximum atomic E-state index is 13.9. The van der Waals surface area contributed by atoms with Crippen molar-refractivity contribution in [2.45, 2.75) is 74.6 Å². The number of hydrogen-bond donors (Lipinski definition) is 1. The fourth-order valence-corrected chi connectivity index (χ4v) is 7.29. The van der Waals surface area contributed by atoms with Crippen LogP contribution >= 0.6 is 0 Å². The van der Waals surface area contributed by atoms with E-state index in [1.165, 1.54) is 41.8 Å². The summed E-state index contributed by atoms with van der Waals surface area (Å²) in [6, 6.07) is 18.1. The summed E-state index contributed by atoms with van der Waals surface area (Å²) in [6.45, 7) is 1.97. The molecule has 3 aliphatic rings. The lowest BCUT2D eigenvalue weighted by Gasteiger charge is -2.43. The Morgan fingerprint density at radius 2 is 1.66 bits per heavy atom. The maximum Gasteiger partial charge on any atom is 0.283 e. The summed E-state index contributed by atoms with van der Waals surface area (Å²) in [7, 11) is -3.82. The second kappa shape index (κ2) is 8.66. The molecule has 5 nitrogen and oxygen atoms in total.